The van der Waals surface area contributed by atoms with E-state index in [0.29, 0.717) is 24.2 Å². The molecule has 106 valence electrons. The van der Waals surface area contributed by atoms with Crippen molar-refractivity contribution in [3.05, 3.63) is 65.7 Å². The lowest BCUT2D eigenvalue weighted by atomic mass is 10.1. The van der Waals surface area contributed by atoms with Gasteiger partial charge in [-0.2, -0.15) is 0 Å². The zero-order valence-corrected chi connectivity index (χ0v) is 11.3. The topological polar surface area (TPSA) is 23.5 Å². The average Bonchev–Trinajstić information content (AvgIpc) is 2.45. The van der Waals surface area contributed by atoms with Crippen LogP contribution in [0.15, 0.2) is 48.5 Å². The molecule has 20 heavy (non-hydrogen) atoms. The number of para-hydroxylation sites is 1. The van der Waals surface area contributed by atoms with Crippen molar-refractivity contribution in [2.75, 3.05) is 18.5 Å². The molecule has 0 radical (unpaired) electrons. The van der Waals surface area contributed by atoms with Crippen molar-refractivity contribution in [2.45, 2.75) is 12.5 Å². The van der Waals surface area contributed by atoms with Gasteiger partial charge in [-0.3, -0.25) is 0 Å². The van der Waals surface area contributed by atoms with E-state index in [0.717, 1.165) is 0 Å². The van der Waals surface area contributed by atoms with E-state index in [1.807, 2.05) is 0 Å². The van der Waals surface area contributed by atoms with Gasteiger partial charge in [0.2, 0.25) is 0 Å². The van der Waals surface area contributed by atoms with Crippen LogP contribution >= 0.6 is 0 Å². The first kappa shape index (κ1) is 14.5. The summed E-state index contributed by atoms with van der Waals surface area (Å²) in [6, 6.07) is 12.3. The van der Waals surface area contributed by atoms with Crippen molar-refractivity contribution in [2.24, 2.45) is 0 Å². The molecule has 2 aromatic rings. The lowest BCUT2D eigenvalue weighted by Gasteiger charge is -2.21. The monoisotopic (exact) mass is 277 g/mol. The molecule has 0 aliphatic rings. The molecular weight excluding hydrogens is 260 g/mol. The highest BCUT2D eigenvalue weighted by atomic mass is 19.1. The molecule has 0 saturated carbocycles. The first-order chi connectivity index (χ1) is 9.58. The van der Waals surface area contributed by atoms with Crippen LogP contribution in [0, 0.1) is 11.6 Å². The molecule has 2 aromatic carbocycles. The number of aliphatic hydroxyl groups is 1. The third kappa shape index (κ3) is 3.54. The standard InChI is InChI=1S/C16H17F2NO/c1-19(15-5-3-2-4-14(15)18)11-10-16(20)12-6-8-13(17)9-7-12/h2-9,16,20H,10-11H2,1H3. The van der Waals surface area contributed by atoms with Crippen molar-refractivity contribution in [3.8, 4) is 0 Å². The molecule has 1 unspecified atom stereocenters. The SMILES string of the molecule is CN(CCC(O)c1ccc(F)cc1)c1ccccc1F. The molecule has 0 spiro atoms. The average molecular weight is 277 g/mol. The number of aliphatic hydroxyl groups excluding tert-OH is 1. The van der Waals surface area contributed by atoms with E-state index in [1.54, 1.807) is 42.3 Å². The van der Waals surface area contributed by atoms with Crippen LogP contribution in [0.1, 0.15) is 18.1 Å². The van der Waals surface area contributed by atoms with Crippen LogP contribution in [-0.2, 0) is 0 Å². The van der Waals surface area contributed by atoms with Crippen molar-refractivity contribution in [1.29, 1.82) is 0 Å². The lowest BCUT2D eigenvalue weighted by molar-refractivity contribution is 0.169. The predicted molar refractivity (Wildman–Crippen MR) is 75.6 cm³/mol. The van der Waals surface area contributed by atoms with Gasteiger partial charge < -0.3 is 10.0 Å². The number of hydrogen-bond donors (Lipinski definition) is 1. The fourth-order valence-corrected chi connectivity index (χ4v) is 2.05. The largest absolute Gasteiger partial charge is 0.388 e. The van der Waals surface area contributed by atoms with Gasteiger partial charge in [-0.05, 0) is 36.2 Å². The summed E-state index contributed by atoms with van der Waals surface area (Å²) in [6.07, 6.45) is -0.249. The molecule has 2 nitrogen and oxygen atoms in total. The summed E-state index contributed by atoms with van der Waals surface area (Å²) in [5.74, 6) is -0.615. The van der Waals surface area contributed by atoms with Crippen LogP contribution in [0.2, 0.25) is 0 Å². The molecule has 0 bridgehead atoms. The van der Waals surface area contributed by atoms with Gasteiger partial charge in [0, 0.05) is 13.6 Å². The van der Waals surface area contributed by atoms with Gasteiger partial charge in [-0.25, -0.2) is 8.78 Å². The van der Waals surface area contributed by atoms with Crippen LogP contribution in [0.3, 0.4) is 0 Å². The number of hydrogen-bond acceptors (Lipinski definition) is 2. The smallest absolute Gasteiger partial charge is 0.146 e. The molecule has 0 aliphatic carbocycles. The molecular formula is C16H17F2NO. The number of benzene rings is 2. The molecule has 4 heteroatoms. The number of rotatable bonds is 5. The van der Waals surface area contributed by atoms with E-state index in [1.165, 1.54) is 18.2 Å². The van der Waals surface area contributed by atoms with E-state index in [4.69, 9.17) is 0 Å². The van der Waals surface area contributed by atoms with Gasteiger partial charge in [-0.15, -0.1) is 0 Å². The fraction of sp³-hybridized carbons (Fsp3) is 0.250. The minimum Gasteiger partial charge on any atom is -0.388 e. The van der Waals surface area contributed by atoms with Crippen LogP contribution in [0.5, 0.6) is 0 Å². The maximum atomic E-state index is 13.6. The Hall–Kier alpha value is -1.94. The summed E-state index contributed by atoms with van der Waals surface area (Å²) in [7, 11) is 1.77. The number of halogens is 2. The van der Waals surface area contributed by atoms with Gasteiger partial charge in [-0.1, -0.05) is 24.3 Å². The van der Waals surface area contributed by atoms with Crippen molar-refractivity contribution < 1.29 is 13.9 Å². The minimum atomic E-state index is -0.690. The van der Waals surface area contributed by atoms with E-state index in [9.17, 15) is 13.9 Å². The number of nitrogens with zero attached hydrogens (tertiary/aromatic N) is 1. The normalized spacial score (nSPS) is 12.2. The van der Waals surface area contributed by atoms with Crippen LogP contribution in [-0.4, -0.2) is 18.7 Å². The van der Waals surface area contributed by atoms with E-state index >= 15 is 0 Å². The maximum Gasteiger partial charge on any atom is 0.146 e. The van der Waals surface area contributed by atoms with Gasteiger partial charge in [0.1, 0.15) is 11.6 Å². The first-order valence-corrected chi connectivity index (χ1v) is 6.47. The molecule has 1 N–H and O–H groups in total. The molecule has 0 amide bonds. The molecule has 0 saturated heterocycles. The maximum absolute atomic E-state index is 13.6. The summed E-state index contributed by atoms with van der Waals surface area (Å²) in [4.78, 5) is 1.75. The Morgan fingerprint density at radius 1 is 1.05 bits per heavy atom. The Kier molecular flexibility index (Phi) is 4.69. The second kappa shape index (κ2) is 6.48. The van der Waals surface area contributed by atoms with Gasteiger partial charge in [0.05, 0.1) is 11.8 Å². The Morgan fingerprint density at radius 3 is 2.35 bits per heavy atom. The van der Waals surface area contributed by atoms with Crippen LogP contribution in [0.4, 0.5) is 14.5 Å². The zero-order chi connectivity index (χ0) is 14.5. The van der Waals surface area contributed by atoms with Crippen LogP contribution < -0.4 is 4.90 Å². The summed E-state index contributed by atoms with van der Waals surface area (Å²) in [5, 5.41) is 10.0. The molecule has 2 rings (SSSR count). The van der Waals surface area contributed by atoms with E-state index in [2.05, 4.69) is 0 Å². The van der Waals surface area contributed by atoms with E-state index in [-0.39, 0.29) is 11.6 Å². The molecule has 0 fully saturated rings. The Bertz CT molecular complexity index is 557. The summed E-state index contributed by atoms with van der Waals surface area (Å²) in [5.41, 5.74) is 1.16. The Balaban J connectivity index is 1.95. The quantitative estimate of drug-likeness (QED) is 0.903. The van der Waals surface area contributed by atoms with Gasteiger partial charge in [0.25, 0.3) is 0 Å². The highest BCUT2D eigenvalue weighted by Crippen LogP contribution is 2.21. The molecule has 0 heterocycles. The predicted octanol–water partition coefficient (Wildman–Crippen LogP) is 3.52. The second-order valence-electron chi connectivity index (χ2n) is 4.73. The summed E-state index contributed by atoms with van der Waals surface area (Å²) in [6.45, 7) is 0.499. The zero-order valence-electron chi connectivity index (χ0n) is 11.3. The van der Waals surface area contributed by atoms with Gasteiger partial charge in [0.15, 0.2) is 0 Å². The first-order valence-electron chi connectivity index (χ1n) is 6.47. The molecule has 0 aromatic heterocycles. The number of anilines is 1. The van der Waals surface area contributed by atoms with Crippen LogP contribution in [0.25, 0.3) is 0 Å². The minimum absolute atomic E-state index is 0.286. The lowest BCUT2D eigenvalue weighted by Crippen LogP contribution is -2.21. The van der Waals surface area contributed by atoms with Crippen molar-refractivity contribution in [1.82, 2.24) is 0 Å². The molecule has 1 atom stereocenters. The summed E-state index contributed by atoms with van der Waals surface area (Å²) >= 11 is 0. The molecule has 0 aliphatic heterocycles. The third-order valence-electron chi connectivity index (χ3n) is 3.26. The van der Waals surface area contributed by atoms with Crippen molar-refractivity contribution in [3.63, 3.8) is 0 Å². The highest BCUT2D eigenvalue weighted by Gasteiger charge is 2.11. The highest BCUT2D eigenvalue weighted by molar-refractivity contribution is 5.46. The fourth-order valence-electron chi connectivity index (χ4n) is 2.05. The summed E-state index contributed by atoms with van der Waals surface area (Å²) < 4.78 is 26.4. The third-order valence-corrected chi connectivity index (χ3v) is 3.26. The second-order valence-corrected chi connectivity index (χ2v) is 4.73. The van der Waals surface area contributed by atoms with Gasteiger partial charge >= 0.3 is 0 Å². The Labute approximate surface area is 117 Å². The van der Waals surface area contributed by atoms with E-state index < -0.39 is 6.10 Å². The van der Waals surface area contributed by atoms with Crippen molar-refractivity contribution >= 4 is 5.69 Å². The Morgan fingerprint density at radius 2 is 1.70 bits per heavy atom.